The summed E-state index contributed by atoms with van der Waals surface area (Å²) in [6.07, 6.45) is 3.59. The lowest BCUT2D eigenvalue weighted by Gasteiger charge is -2.30. The van der Waals surface area contributed by atoms with Gasteiger partial charge in [-0.1, -0.05) is 18.2 Å². The summed E-state index contributed by atoms with van der Waals surface area (Å²) < 4.78 is 38.4. The van der Waals surface area contributed by atoms with E-state index < -0.39 is 10.0 Å². The van der Waals surface area contributed by atoms with Crippen molar-refractivity contribution in [2.45, 2.75) is 25.2 Å². The first-order chi connectivity index (χ1) is 11.4. The minimum absolute atomic E-state index is 0.112. The zero-order valence-electron chi connectivity index (χ0n) is 13.7. The molecular weight excluding hydrogens is 327 g/mol. The highest BCUT2D eigenvalue weighted by molar-refractivity contribution is 7.88. The van der Waals surface area contributed by atoms with Gasteiger partial charge in [-0.05, 0) is 42.7 Å². The first-order valence-electron chi connectivity index (χ1n) is 8.07. The van der Waals surface area contributed by atoms with Crippen molar-refractivity contribution in [1.29, 1.82) is 0 Å². The van der Waals surface area contributed by atoms with Crippen molar-refractivity contribution in [2.75, 3.05) is 19.3 Å². The maximum Gasteiger partial charge on any atom is 0.211 e. The van der Waals surface area contributed by atoms with Crippen LogP contribution in [0, 0.1) is 5.82 Å². The van der Waals surface area contributed by atoms with Crippen LogP contribution in [-0.4, -0.2) is 37.1 Å². The SMILES string of the molecule is CS(=O)(=O)N1CCCC(c2cccc(Cc3cccc(F)c3)n2)C1. The van der Waals surface area contributed by atoms with E-state index in [1.807, 2.05) is 24.3 Å². The van der Waals surface area contributed by atoms with Gasteiger partial charge in [-0.25, -0.2) is 17.1 Å². The second-order valence-electron chi connectivity index (χ2n) is 6.32. The normalized spacial score (nSPS) is 19.3. The van der Waals surface area contributed by atoms with E-state index in [2.05, 4.69) is 0 Å². The van der Waals surface area contributed by atoms with Crippen molar-refractivity contribution in [2.24, 2.45) is 0 Å². The number of rotatable bonds is 4. The van der Waals surface area contributed by atoms with Crippen LogP contribution in [-0.2, 0) is 16.4 Å². The van der Waals surface area contributed by atoms with E-state index in [0.717, 1.165) is 29.8 Å². The zero-order chi connectivity index (χ0) is 17.2. The van der Waals surface area contributed by atoms with Crippen LogP contribution < -0.4 is 0 Å². The first-order valence-corrected chi connectivity index (χ1v) is 9.92. The van der Waals surface area contributed by atoms with E-state index in [1.165, 1.54) is 22.7 Å². The van der Waals surface area contributed by atoms with Gasteiger partial charge in [0.15, 0.2) is 0 Å². The van der Waals surface area contributed by atoms with Crippen LogP contribution in [0.2, 0.25) is 0 Å². The lowest BCUT2D eigenvalue weighted by Crippen LogP contribution is -2.38. The van der Waals surface area contributed by atoms with Crippen LogP contribution in [0.3, 0.4) is 0 Å². The fourth-order valence-electron chi connectivity index (χ4n) is 3.17. The maximum atomic E-state index is 13.3. The Bertz CT molecular complexity index is 823. The van der Waals surface area contributed by atoms with Gasteiger partial charge in [-0.15, -0.1) is 0 Å². The van der Waals surface area contributed by atoms with Gasteiger partial charge in [-0.3, -0.25) is 4.98 Å². The predicted octanol–water partition coefficient (Wildman–Crippen LogP) is 2.95. The zero-order valence-corrected chi connectivity index (χ0v) is 14.5. The summed E-state index contributed by atoms with van der Waals surface area (Å²) in [5.41, 5.74) is 2.66. The Morgan fingerprint density at radius 2 is 2.04 bits per heavy atom. The molecular formula is C18H21FN2O2S. The Hall–Kier alpha value is -1.79. The van der Waals surface area contributed by atoms with Gasteiger partial charge in [-0.2, -0.15) is 0 Å². The molecule has 1 aromatic carbocycles. The van der Waals surface area contributed by atoms with Gasteiger partial charge in [0.25, 0.3) is 0 Å². The van der Waals surface area contributed by atoms with E-state index in [9.17, 15) is 12.8 Å². The molecule has 128 valence electrons. The summed E-state index contributed by atoms with van der Waals surface area (Å²) >= 11 is 0. The van der Waals surface area contributed by atoms with E-state index >= 15 is 0 Å². The van der Waals surface area contributed by atoms with E-state index in [1.54, 1.807) is 6.07 Å². The molecule has 1 aromatic heterocycles. The van der Waals surface area contributed by atoms with E-state index in [-0.39, 0.29) is 11.7 Å². The van der Waals surface area contributed by atoms with Crippen molar-refractivity contribution >= 4 is 10.0 Å². The summed E-state index contributed by atoms with van der Waals surface area (Å²) in [6, 6.07) is 12.3. The summed E-state index contributed by atoms with van der Waals surface area (Å²) in [5, 5.41) is 0. The Morgan fingerprint density at radius 3 is 2.79 bits per heavy atom. The number of pyridine rings is 1. The third kappa shape index (κ3) is 4.19. The van der Waals surface area contributed by atoms with Crippen LogP contribution in [0.1, 0.15) is 35.7 Å². The average Bonchev–Trinajstić information content (AvgIpc) is 2.54. The summed E-state index contributed by atoms with van der Waals surface area (Å²) in [5.74, 6) is -0.138. The van der Waals surface area contributed by atoms with Crippen LogP contribution in [0.15, 0.2) is 42.5 Å². The van der Waals surface area contributed by atoms with Crippen LogP contribution in [0.25, 0.3) is 0 Å². The number of piperidine rings is 1. The molecule has 6 heteroatoms. The fraction of sp³-hybridized carbons (Fsp3) is 0.389. The van der Waals surface area contributed by atoms with Crippen molar-refractivity contribution in [1.82, 2.24) is 9.29 Å². The number of sulfonamides is 1. The number of aromatic nitrogens is 1. The highest BCUT2D eigenvalue weighted by atomic mass is 32.2. The molecule has 0 radical (unpaired) electrons. The van der Waals surface area contributed by atoms with Crippen molar-refractivity contribution in [3.63, 3.8) is 0 Å². The predicted molar refractivity (Wildman–Crippen MR) is 91.8 cm³/mol. The molecule has 2 heterocycles. The van der Waals surface area contributed by atoms with Crippen molar-refractivity contribution in [3.8, 4) is 0 Å². The molecule has 1 saturated heterocycles. The highest BCUT2D eigenvalue weighted by Gasteiger charge is 2.27. The molecule has 0 saturated carbocycles. The molecule has 3 rings (SSSR count). The summed E-state index contributed by atoms with van der Waals surface area (Å²) in [4.78, 5) is 4.69. The summed E-state index contributed by atoms with van der Waals surface area (Å²) in [7, 11) is -3.17. The second kappa shape index (κ2) is 6.99. The van der Waals surface area contributed by atoms with Gasteiger partial charge in [0.05, 0.1) is 6.26 Å². The molecule has 0 aliphatic carbocycles. The topological polar surface area (TPSA) is 50.3 Å². The summed E-state index contributed by atoms with van der Waals surface area (Å²) in [6.45, 7) is 1.06. The molecule has 0 amide bonds. The molecule has 1 unspecified atom stereocenters. The smallest absolute Gasteiger partial charge is 0.211 e. The first kappa shape index (κ1) is 17.0. The minimum Gasteiger partial charge on any atom is -0.257 e. The molecule has 1 aliphatic rings. The molecule has 24 heavy (non-hydrogen) atoms. The molecule has 2 aromatic rings. The molecule has 1 aliphatic heterocycles. The maximum absolute atomic E-state index is 13.3. The minimum atomic E-state index is -3.17. The highest BCUT2D eigenvalue weighted by Crippen LogP contribution is 2.27. The molecule has 0 spiro atoms. The quantitative estimate of drug-likeness (QED) is 0.854. The van der Waals surface area contributed by atoms with Gasteiger partial charge >= 0.3 is 0 Å². The van der Waals surface area contributed by atoms with Crippen LogP contribution in [0.5, 0.6) is 0 Å². The Kier molecular flexibility index (Phi) is 4.96. The van der Waals surface area contributed by atoms with Crippen LogP contribution >= 0.6 is 0 Å². The standard InChI is InChI=1S/C18H21FN2O2S/c1-24(22,23)21-10-4-6-15(13-21)18-9-3-8-17(20-18)12-14-5-2-7-16(19)11-14/h2-3,5,7-9,11,15H,4,6,10,12-13H2,1H3. The second-order valence-corrected chi connectivity index (χ2v) is 8.30. The van der Waals surface area contributed by atoms with Gasteiger partial charge in [0, 0.05) is 36.8 Å². The number of hydrogen-bond acceptors (Lipinski definition) is 3. The van der Waals surface area contributed by atoms with Crippen molar-refractivity contribution in [3.05, 3.63) is 65.2 Å². The van der Waals surface area contributed by atoms with E-state index in [4.69, 9.17) is 4.98 Å². The molecule has 1 atom stereocenters. The molecule has 0 bridgehead atoms. The van der Waals surface area contributed by atoms with Crippen molar-refractivity contribution < 1.29 is 12.8 Å². The third-order valence-electron chi connectivity index (χ3n) is 4.37. The number of benzene rings is 1. The Labute approximate surface area is 142 Å². The molecule has 0 N–H and O–H groups in total. The molecule has 1 fully saturated rings. The number of hydrogen-bond donors (Lipinski definition) is 0. The monoisotopic (exact) mass is 348 g/mol. The lowest BCUT2D eigenvalue weighted by atomic mass is 9.95. The number of nitrogens with zero attached hydrogens (tertiary/aromatic N) is 2. The largest absolute Gasteiger partial charge is 0.257 e. The van der Waals surface area contributed by atoms with E-state index in [0.29, 0.717) is 19.5 Å². The Balaban J connectivity index is 1.77. The lowest BCUT2D eigenvalue weighted by molar-refractivity contribution is 0.314. The third-order valence-corrected chi connectivity index (χ3v) is 5.64. The van der Waals surface area contributed by atoms with Gasteiger partial charge in [0.1, 0.15) is 5.82 Å². The van der Waals surface area contributed by atoms with Crippen LogP contribution in [0.4, 0.5) is 4.39 Å². The van der Waals surface area contributed by atoms with Gasteiger partial charge in [0.2, 0.25) is 10.0 Å². The van der Waals surface area contributed by atoms with Gasteiger partial charge < -0.3 is 0 Å². The molecule has 4 nitrogen and oxygen atoms in total. The Morgan fingerprint density at radius 1 is 1.25 bits per heavy atom. The average molecular weight is 348 g/mol. The fourth-order valence-corrected chi connectivity index (χ4v) is 4.08. The number of halogens is 1.